The Labute approximate surface area is 174 Å². The van der Waals surface area contributed by atoms with Crippen molar-refractivity contribution in [2.24, 2.45) is 5.73 Å². The van der Waals surface area contributed by atoms with Crippen LogP contribution in [0.5, 0.6) is 11.5 Å². The fourth-order valence-electron chi connectivity index (χ4n) is 3.40. The SMILES string of the molecule is CCOC(=O)Oc1ccc(C(N)CC(=O)N2CCCc3cccc(O)c32)c(Cl)c1. The third kappa shape index (κ3) is 4.81. The highest BCUT2D eigenvalue weighted by Gasteiger charge is 2.27. The first-order valence-corrected chi connectivity index (χ1v) is 9.79. The maximum Gasteiger partial charge on any atom is 0.513 e. The number of anilines is 1. The van der Waals surface area contributed by atoms with Crippen molar-refractivity contribution in [2.75, 3.05) is 18.1 Å². The van der Waals surface area contributed by atoms with Crippen LogP contribution in [-0.2, 0) is 16.0 Å². The van der Waals surface area contributed by atoms with Gasteiger partial charge in [0.25, 0.3) is 0 Å². The summed E-state index contributed by atoms with van der Waals surface area (Å²) in [6, 6.07) is 9.23. The summed E-state index contributed by atoms with van der Waals surface area (Å²) in [5.74, 6) is 0.121. The molecule has 1 unspecified atom stereocenters. The maximum atomic E-state index is 12.9. The Hall–Kier alpha value is -2.77. The van der Waals surface area contributed by atoms with E-state index in [1.54, 1.807) is 36.1 Å². The molecule has 1 aliphatic heterocycles. The first-order chi connectivity index (χ1) is 13.9. The van der Waals surface area contributed by atoms with Crippen LogP contribution >= 0.6 is 11.6 Å². The molecule has 0 aliphatic carbocycles. The molecule has 0 spiro atoms. The first-order valence-electron chi connectivity index (χ1n) is 9.41. The highest BCUT2D eigenvalue weighted by Crippen LogP contribution is 2.36. The number of amides is 1. The van der Waals surface area contributed by atoms with Gasteiger partial charge in [-0.1, -0.05) is 29.8 Å². The minimum absolute atomic E-state index is 0.0194. The number of hydrogen-bond acceptors (Lipinski definition) is 6. The lowest BCUT2D eigenvalue weighted by molar-refractivity contribution is -0.119. The minimum atomic E-state index is -0.820. The van der Waals surface area contributed by atoms with Gasteiger partial charge in [0, 0.05) is 24.0 Å². The van der Waals surface area contributed by atoms with Crippen LogP contribution in [-0.4, -0.2) is 30.3 Å². The second-order valence-electron chi connectivity index (χ2n) is 6.71. The second-order valence-corrected chi connectivity index (χ2v) is 7.12. The second kappa shape index (κ2) is 9.15. The number of nitrogens with zero attached hydrogens (tertiary/aromatic N) is 1. The van der Waals surface area contributed by atoms with E-state index >= 15 is 0 Å². The number of nitrogens with two attached hydrogens (primary N) is 1. The Bertz CT molecular complexity index is 918. The molecule has 29 heavy (non-hydrogen) atoms. The summed E-state index contributed by atoms with van der Waals surface area (Å²) >= 11 is 6.28. The van der Waals surface area contributed by atoms with Gasteiger partial charge in [0.2, 0.25) is 5.91 Å². The molecule has 0 fully saturated rings. The first kappa shape index (κ1) is 21.0. The van der Waals surface area contributed by atoms with Gasteiger partial charge < -0.3 is 25.2 Å². The summed E-state index contributed by atoms with van der Waals surface area (Å²) in [6.45, 7) is 2.40. The highest BCUT2D eigenvalue weighted by atomic mass is 35.5. The van der Waals surface area contributed by atoms with E-state index in [-0.39, 0.29) is 35.5 Å². The molecule has 1 aliphatic rings. The van der Waals surface area contributed by atoms with Crippen molar-refractivity contribution in [3.8, 4) is 11.5 Å². The number of benzene rings is 2. The van der Waals surface area contributed by atoms with Gasteiger partial charge >= 0.3 is 6.16 Å². The molecule has 8 heteroatoms. The van der Waals surface area contributed by atoms with E-state index < -0.39 is 12.2 Å². The third-order valence-electron chi connectivity index (χ3n) is 4.73. The van der Waals surface area contributed by atoms with E-state index in [1.165, 1.54) is 6.07 Å². The Morgan fingerprint density at radius 3 is 2.83 bits per heavy atom. The molecule has 0 saturated carbocycles. The number of halogens is 1. The van der Waals surface area contributed by atoms with Gasteiger partial charge in [-0.2, -0.15) is 0 Å². The minimum Gasteiger partial charge on any atom is -0.506 e. The quantitative estimate of drug-likeness (QED) is 0.563. The highest BCUT2D eigenvalue weighted by molar-refractivity contribution is 6.31. The van der Waals surface area contributed by atoms with E-state index in [4.69, 9.17) is 26.8 Å². The number of aryl methyl sites for hydroxylation is 1. The average molecular weight is 419 g/mol. The molecule has 0 radical (unpaired) electrons. The standard InChI is InChI=1S/C21H23ClN2O5/c1-2-28-21(27)29-14-8-9-15(16(22)11-14)17(23)12-19(26)24-10-4-6-13-5-3-7-18(25)20(13)24/h3,5,7-9,11,17,25H,2,4,6,10,12,23H2,1H3. The van der Waals surface area contributed by atoms with Crippen LogP contribution in [0.3, 0.4) is 0 Å². The Balaban J connectivity index is 1.72. The molecule has 2 aromatic rings. The summed E-state index contributed by atoms with van der Waals surface area (Å²) in [6.07, 6.45) is 0.830. The van der Waals surface area contributed by atoms with Crippen LogP contribution in [0.25, 0.3) is 0 Å². The number of fused-ring (bicyclic) bond motifs is 1. The molecule has 1 amide bonds. The monoisotopic (exact) mass is 418 g/mol. The zero-order valence-electron chi connectivity index (χ0n) is 16.1. The van der Waals surface area contributed by atoms with Crippen LogP contribution < -0.4 is 15.4 Å². The van der Waals surface area contributed by atoms with Gasteiger partial charge in [0.15, 0.2) is 0 Å². The molecule has 2 aromatic carbocycles. The van der Waals surface area contributed by atoms with Gasteiger partial charge in [-0.15, -0.1) is 0 Å². The van der Waals surface area contributed by atoms with E-state index in [9.17, 15) is 14.7 Å². The molecule has 1 heterocycles. The Morgan fingerprint density at radius 1 is 1.31 bits per heavy atom. The predicted molar refractivity (Wildman–Crippen MR) is 109 cm³/mol. The number of ether oxygens (including phenoxy) is 2. The number of phenolic OH excluding ortho intramolecular Hbond substituents is 1. The third-order valence-corrected chi connectivity index (χ3v) is 5.05. The number of aromatic hydroxyl groups is 1. The topological polar surface area (TPSA) is 102 Å². The van der Waals surface area contributed by atoms with Crippen molar-refractivity contribution in [3.05, 3.63) is 52.5 Å². The van der Waals surface area contributed by atoms with Crippen molar-refractivity contribution in [2.45, 2.75) is 32.2 Å². The van der Waals surface area contributed by atoms with E-state index in [1.807, 2.05) is 6.07 Å². The fourth-order valence-corrected chi connectivity index (χ4v) is 3.71. The van der Waals surface area contributed by atoms with Crippen molar-refractivity contribution in [1.29, 1.82) is 0 Å². The molecule has 0 aromatic heterocycles. The molecule has 3 N–H and O–H groups in total. The smallest absolute Gasteiger partial charge is 0.506 e. The number of carbonyl (C=O) groups is 2. The summed E-state index contributed by atoms with van der Waals surface area (Å²) < 4.78 is 9.73. The van der Waals surface area contributed by atoms with Crippen molar-refractivity contribution in [1.82, 2.24) is 0 Å². The van der Waals surface area contributed by atoms with Gasteiger partial charge in [-0.05, 0) is 49.1 Å². The zero-order valence-corrected chi connectivity index (χ0v) is 16.8. The van der Waals surface area contributed by atoms with Crippen LogP contribution in [0, 0.1) is 0 Å². The number of para-hydroxylation sites is 1. The van der Waals surface area contributed by atoms with Gasteiger partial charge in [-0.3, -0.25) is 4.79 Å². The maximum absolute atomic E-state index is 12.9. The number of phenols is 1. The number of rotatable bonds is 5. The average Bonchev–Trinajstić information content (AvgIpc) is 2.68. The lowest BCUT2D eigenvalue weighted by Gasteiger charge is -2.31. The predicted octanol–water partition coefficient (Wildman–Crippen LogP) is 3.95. The summed E-state index contributed by atoms with van der Waals surface area (Å²) in [4.78, 5) is 25.9. The van der Waals surface area contributed by atoms with Crippen LogP contribution in [0.2, 0.25) is 5.02 Å². The molecule has 0 saturated heterocycles. The van der Waals surface area contributed by atoms with Crippen molar-refractivity contribution >= 4 is 29.4 Å². The molecule has 3 rings (SSSR count). The lowest BCUT2D eigenvalue weighted by Crippen LogP contribution is -2.37. The normalized spacial score (nSPS) is 14.1. The van der Waals surface area contributed by atoms with Gasteiger partial charge in [0.1, 0.15) is 11.5 Å². The summed E-state index contributed by atoms with van der Waals surface area (Å²) in [5.41, 5.74) is 8.29. The van der Waals surface area contributed by atoms with E-state index in [0.717, 1.165) is 18.4 Å². The number of hydrogen-bond donors (Lipinski definition) is 2. The Morgan fingerprint density at radius 2 is 2.10 bits per heavy atom. The van der Waals surface area contributed by atoms with Gasteiger partial charge in [-0.25, -0.2) is 4.79 Å². The molecule has 0 bridgehead atoms. The van der Waals surface area contributed by atoms with Crippen LogP contribution in [0.1, 0.15) is 36.9 Å². The van der Waals surface area contributed by atoms with Crippen LogP contribution in [0.15, 0.2) is 36.4 Å². The molecular weight excluding hydrogens is 396 g/mol. The fraction of sp³-hybridized carbons (Fsp3) is 0.333. The number of carbonyl (C=O) groups excluding carboxylic acids is 2. The van der Waals surface area contributed by atoms with E-state index in [0.29, 0.717) is 17.8 Å². The molecule has 7 nitrogen and oxygen atoms in total. The summed E-state index contributed by atoms with van der Waals surface area (Å²) in [5, 5.41) is 10.5. The Kier molecular flexibility index (Phi) is 6.61. The summed E-state index contributed by atoms with van der Waals surface area (Å²) in [7, 11) is 0. The van der Waals surface area contributed by atoms with Crippen LogP contribution in [0.4, 0.5) is 10.5 Å². The molecule has 1 atom stereocenters. The van der Waals surface area contributed by atoms with Crippen molar-refractivity contribution in [3.63, 3.8) is 0 Å². The molecule has 154 valence electrons. The largest absolute Gasteiger partial charge is 0.513 e. The van der Waals surface area contributed by atoms with E-state index in [2.05, 4.69) is 0 Å². The van der Waals surface area contributed by atoms with Gasteiger partial charge in [0.05, 0.1) is 12.3 Å². The molecular formula is C21H23ClN2O5. The lowest BCUT2D eigenvalue weighted by atomic mass is 9.99. The van der Waals surface area contributed by atoms with Crippen molar-refractivity contribution < 1.29 is 24.2 Å². The zero-order chi connectivity index (χ0) is 21.0.